The molecule has 3 aliphatic rings. The molecule has 3 fully saturated rings. The Balaban J connectivity index is 1.51. The summed E-state index contributed by atoms with van der Waals surface area (Å²) in [5.41, 5.74) is 0.374. The Kier molecular flexibility index (Phi) is 5.23. The van der Waals surface area contributed by atoms with Gasteiger partial charge in [0.05, 0.1) is 16.1 Å². The molecule has 31 heavy (non-hydrogen) atoms. The molecule has 1 amide bonds. The van der Waals surface area contributed by atoms with Crippen molar-refractivity contribution in [2.24, 2.45) is 5.41 Å². The van der Waals surface area contributed by atoms with Crippen LogP contribution in [0.3, 0.4) is 0 Å². The number of carbonyl (C=O) groups excluding carboxylic acids is 1. The summed E-state index contributed by atoms with van der Waals surface area (Å²) >= 11 is 0. The van der Waals surface area contributed by atoms with Gasteiger partial charge in [-0.15, -0.1) is 0 Å². The molecule has 1 aliphatic carbocycles. The summed E-state index contributed by atoms with van der Waals surface area (Å²) in [4.78, 5) is 27.4. The van der Waals surface area contributed by atoms with Crippen molar-refractivity contribution in [1.29, 1.82) is 0 Å². The van der Waals surface area contributed by atoms with E-state index >= 15 is 0 Å². The SMILES string of the molecule is CC(C)(C)OC(=O)N1CC(S(=O)(=O)c2ccc(C(=O)O)c(N3CCC4(CC3)CC4)c2)C1. The zero-order chi connectivity index (χ0) is 22.6. The minimum atomic E-state index is -3.70. The van der Waals surface area contributed by atoms with Gasteiger partial charge in [0.2, 0.25) is 0 Å². The number of carbonyl (C=O) groups is 2. The first-order valence-corrected chi connectivity index (χ1v) is 12.3. The van der Waals surface area contributed by atoms with Crippen LogP contribution in [0.5, 0.6) is 0 Å². The van der Waals surface area contributed by atoms with Gasteiger partial charge in [0.1, 0.15) is 10.9 Å². The van der Waals surface area contributed by atoms with E-state index in [-0.39, 0.29) is 23.5 Å². The smallest absolute Gasteiger partial charge is 0.410 e. The standard InChI is InChI=1S/C22H30N2O6S/c1-21(2,3)30-20(27)24-13-16(14-24)31(28,29)15-4-5-17(19(25)26)18(12-15)23-10-8-22(6-7-22)9-11-23/h4-5,12,16H,6-11,13-14H2,1-3H3,(H,25,26). The number of hydrogen-bond donors (Lipinski definition) is 1. The molecule has 0 bridgehead atoms. The fraction of sp³-hybridized carbons (Fsp3) is 0.636. The number of aromatic carboxylic acids is 1. The predicted molar refractivity (Wildman–Crippen MR) is 115 cm³/mol. The van der Waals surface area contributed by atoms with Gasteiger partial charge in [0.15, 0.2) is 9.84 Å². The maximum absolute atomic E-state index is 13.2. The number of hydrogen-bond acceptors (Lipinski definition) is 6. The molecule has 8 nitrogen and oxygen atoms in total. The maximum Gasteiger partial charge on any atom is 0.410 e. The lowest BCUT2D eigenvalue weighted by Crippen LogP contribution is -2.57. The fourth-order valence-electron chi connectivity index (χ4n) is 4.33. The Hall–Kier alpha value is -2.29. The number of piperidine rings is 1. The van der Waals surface area contributed by atoms with Crippen LogP contribution in [0.15, 0.2) is 23.1 Å². The molecule has 1 aromatic rings. The number of benzene rings is 1. The normalized spacial score (nSPS) is 21.0. The number of nitrogens with zero attached hydrogens (tertiary/aromatic N) is 2. The molecule has 0 radical (unpaired) electrons. The molecule has 0 atom stereocenters. The van der Waals surface area contributed by atoms with Crippen LogP contribution in [0.2, 0.25) is 0 Å². The first kappa shape index (κ1) is 21.9. The highest BCUT2D eigenvalue weighted by Gasteiger charge is 2.45. The van der Waals surface area contributed by atoms with Crippen LogP contribution in [0.4, 0.5) is 10.5 Å². The topological polar surface area (TPSA) is 104 Å². The van der Waals surface area contributed by atoms with Crippen molar-refractivity contribution in [3.05, 3.63) is 23.8 Å². The number of amides is 1. The molecule has 0 aromatic heterocycles. The van der Waals surface area contributed by atoms with Crippen molar-refractivity contribution in [1.82, 2.24) is 4.90 Å². The van der Waals surface area contributed by atoms with Gasteiger partial charge in [-0.1, -0.05) is 0 Å². The lowest BCUT2D eigenvalue weighted by Gasteiger charge is -2.39. The first-order valence-electron chi connectivity index (χ1n) is 10.7. The minimum absolute atomic E-state index is 0.0689. The molecular weight excluding hydrogens is 420 g/mol. The number of carboxylic acids is 1. The molecule has 4 rings (SSSR count). The molecule has 0 unspecified atom stereocenters. The van der Waals surface area contributed by atoms with Gasteiger partial charge in [0.25, 0.3) is 0 Å². The Labute approximate surface area is 183 Å². The highest BCUT2D eigenvalue weighted by Crippen LogP contribution is 2.54. The number of likely N-dealkylation sites (tertiary alicyclic amines) is 1. The quantitative estimate of drug-likeness (QED) is 0.751. The van der Waals surface area contributed by atoms with Gasteiger partial charge in [-0.25, -0.2) is 18.0 Å². The van der Waals surface area contributed by atoms with E-state index in [4.69, 9.17) is 4.74 Å². The van der Waals surface area contributed by atoms with Crippen molar-refractivity contribution in [3.63, 3.8) is 0 Å². The molecule has 2 aliphatic heterocycles. The van der Waals surface area contributed by atoms with Gasteiger partial charge in [-0.05, 0) is 70.1 Å². The lowest BCUT2D eigenvalue weighted by atomic mass is 9.93. The van der Waals surface area contributed by atoms with E-state index < -0.39 is 32.8 Å². The van der Waals surface area contributed by atoms with Crippen molar-refractivity contribution in [2.45, 2.75) is 62.2 Å². The van der Waals surface area contributed by atoms with Crippen LogP contribution in [-0.4, -0.2) is 67.5 Å². The van der Waals surface area contributed by atoms with Gasteiger partial charge >= 0.3 is 12.1 Å². The van der Waals surface area contributed by atoms with E-state index in [2.05, 4.69) is 0 Å². The number of sulfone groups is 1. The Morgan fingerprint density at radius 3 is 2.23 bits per heavy atom. The van der Waals surface area contributed by atoms with Crippen LogP contribution >= 0.6 is 0 Å². The summed E-state index contributed by atoms with van der Waals surface area (Å²) < 4.78 is 31.6. The summed E-state index contributed by atoms with van der Waals surface area (Å²) in [6, 6.07) is 4.25. The van der Waals surface area contributed by atoms with Crippen LogP contribution in [0.25, 0.3) is 0 Å². The van der Waals surface area contributed by atoms with E-state index in [0.717, 1.165) is 25.9 Å². The van der Waals surface area contributed by atoms with Crippen LogP contribution in [-0.2, 0) is 14.6 Å². The molecule has 1 aromatic carbocycles. The van der Waals surface area contributed by atoms with Crippen molar-refractivity contribution in [2.75, 3.05) is 31.1 Å². The Morgan fingerprint density at radius 2 is 1.71 bits per heavy atom. The second kappa shape index (κ2) is 7.39. The van der Waals surface area contributed by atoms with Gasteiger partial charge in [-0.3, -0.25) is 0 Å². The lowest BCUT2D eigenvalue weighted by molar-refractivity contribution is 0.0139. The highest BCUT2D eigenvalue weighted by atomic mass is 32.2. The minimum Gasteiger partial charge on any atom is -0.478 e. The Bertz CT molecular complexity index is 993. The predicted octanol–water partition coefficient (Wildman–Crippen LogP) is 3.16. The van der Waals surface area contributed by atoms with Crippen LogP contribution < -0.4 is 4.90 Å². The van der Waals surface area contributed by atoms with Crippen molar-refractivity contribution >= 4 is 27.6 Å². The Morgan fingerprint density at radius 1 is 1.10 bits per heavy atom. The van der Waals surface area contributed by atoms with Gasteiger partial charge in [0, 0.05) is 26.2 Å². The number of ether oxygens (including phenoxy) is 1. The third-order valence-corrected chi connectivity index (χ3v) is 8.68. The average molecular weight is 451 g/mol. The zero-order valence-electron chi connectivity index (χ0n) is 18.3. The monoisotopic (exact) mass is 450 g/mol. The summed E-state index contributed by atoms with van der Waals surface area (Å²) in [6.07, 6.45) is 3.96. The van der Waals surface area contributed by atoms with Gasteiger partial charge in [-0.2, -0.15) is 0 Å². The number of anilines is 1. The molecule has 9 heteroatoms. The third kappa shape index (κ3) is 4.37. The third-order valence-electron chi connectivity index (χ3n) is 6.59. The number of carboxylic acid groups (broad SMARTS) is 1. The molecule has 1 saturated carbocycles. The average Bonchev–Trinajstić information content (AvgIpc) is 3.37. The van der Waals surface area contributed by atoms with Crippen molar-refractivity contribution < 1.29 is 27.9 Å². The largest absolute Gasteiger partial charge is 0.478 e. The highest BCUT2D eigenvalue weighted by molar-refractivity contribution is 7.92. The molecule has 170 valence electrons. The fourth-order valence-corrected chi connectivity index (χ4v) is 6.00. The molecule has 1 spiro atoms. The van der Waals surface area contributed by atoms with E-state index in [1.165, 1.54) is 35.9 Å². The maximum atomic E-state index is 13.2. The second-order valence-electron chi connectivity index (χ2n) is 10.0. The first-order chi connectivity index (χ1) is 14.4. The molecule has 1 N–H and O–H groups in total. The summed E-state index contributed by atoms with van der Waals surface area (Å²) in [5.74, 6) is -1.06. The number of rotatable bonds is 4. The molecule has 2 heterocycles. The van der Waals surface area contributed by atoms with Crippen LogP contribution in [0.1, 0.15) is 56.8 Å². The van der Waals surface area contributed by atoms with E-state index in [0.29, 0.717) is 11.1 Å². The second-order valence-corrected chi connectivity index (χ2v) is 12.3. The van der Waals surface area contributed by atoms with Crippen molar-refractivity contribution in [3.8, 4) is 0 Å². The summed E-state index contributed by atoms with van der Waals surface area (Å²) in [6.45, 7) is 6.89. The summed E-state index contributed by atoms with van der Waals surface area (Å²) in [5, 5.41) is 8.90. The summed E-state index contributed by atoms with van der Waals surface area (Å²) in [7, 11) is -3.70. The van der Waals surface area contributed by atoms with E-state index in [9.17, 15) is 23.1 Å². The van der Waals surface area contributed by atoms with Crippen LogP contribution in [0, 0.1) is 5.41 Å². The van der Waals surface area contributed by atoms with Gasteiger partial charge < -0.3 is 19.6 Å². The van der Waals surface area contributed by atoms with E-state index in [1.807, 2.05) is 4.90 Å². The molecular formula is C22H30N2O6S. The zero-order valence-corrected chi connectivity index (χ0v) is 19.1. The molecule has 2 saturated heterocycles. The van der Waals surface area contributed by atoms with E-state index in [1.54, 1.807) is 20.8 Å².